The number of ketones is 1. The van der Waals surface area contributed by atoms with Gasteiger partial charge in [0, 0.05) is 30.4 Å². The number of carbonyl (C=O) groups is 1. The predicted octanol–water partition coefficient (Wildman–Crippen LogP) is 4.27. The van der Waals surface area contributed by atoms with Crippen molar-refractivity contribution in [2.75, 3.05) is 26.3 Å². The van der Waals surface area contributed by atoms with Crippen LogP contribution in [0, 0.1) is 5.41 Å². The third-order valence-corrected chi connectivity index (χ3v) is 6.87. The third-order valence-electron chi connectivity index (χ3n) is 6.87. The predicted molar refractivity (Wildman–Crippen MR) is 112 cm³/mol. The zero-order valence-electron chi connectivity index (χ0n) is 16.9. The van der Waals surface area contributed by atoms with E-state index in [1.54, 1.807) is 0 Å². The lowest BCUT2D eigenvalue weighted by atomic mass is 9.75. The Kier molecular flexibility index (Phi) is 5.15. The van der Waals surface area contributed by atoms with Gasteiger partial charge in [0.25, 0.3) is 0 Å². The summed E-state index contributed by atoms with van der Waals surface area (Å²) < 4.78 is 11.6. The van der Waals surface area contributed by atoms with Gasteiger partial charge >= 0.3 is 0 Å². The van der Waals surface area contributed by atoms with Gasteiger partial charge in [-0.2, -0.15) is 0 Å². The van der Waals surface area contributed by atoms with Gasteiger partial charge in [-0.1, -0.05) is 36.4 Å². The summed E-state index contributed by atoms with van der Waals surface area (Å²) in [4.78, 5) is 15.9. The average Bonchev–Trinajstić information content (AvgIpc) is 3.03. The molecule has 1 spiro atoms. The fraction of sp³-hybridized carbons (Fsp3) is 0.480. The van der Waals surface area contributed by atoms with Crippen molar-refractivity contribution in [3.63, 3.8) is 0 Å². The number of Topliss-reactive ketones (excluding diaryl/α,β-unsaturated/α-hetero) is 1. The largest absolute Gasteiger partial charge is 0.490 e. The average molecular weight is 392 g/mol. The third kappa shape index (κ3) is 3.84. The highest BCUT2D eigenvalue weighted by Crippen LogP contribution is 2.45. The van der Waals surface area contributed by atoms with Crippen molar-refractivity contribution < 1.29 is 14.3 Å². The zero-order valence-corrected chi connectivity index (χ0v) is 16.9. The molecule has 0 unspecified atom stereocenters. The topological polar surface area (TPSA) is 38.8 Å². The minimum absolute atomic E-state index is 0.202. The number of piperidine rings is 1. The van der Waals surface area contributed by atoms with E-state index in [1.165, 1.54) is 11.1 Å². The van der Waals surface area contributed by atoms with Gasteiger partial charge in [0.05, 0.1) is 13.2 Å². The highest BCUT2D eigenvalue weighted by Gasteiger charge is 2.47. The van der Waals surface area contributed by atoms with E-state index < -0.39 is 0 Å². The summed E-state index contributed by atoms with van der Waals surface area (Å²) in [5, 5.41) is 0. The Morgan fingerprint density at radius 1 is 1.03 bits per heavy atom. The van der Waals surface area contributed by atoms with Crippen LogP contribution in [0.5, 0.6) is 5.75 Å². The molecule has 4 heteroatoms. The number of hydrogen-bond acceptors (Lipinski definition) is 4. The Labute approximate surface area is 172 Å². The summed E-state index contributed by atoms with van der Waals surface area (Å²) >= 11 is 0. The first-order chi connectivity index (χ1) is 14.2. The smallest absolute Gasteiger partial charge is 0.169 e. The first-order valence-electron chi connectivity index (χ1n) is 10.9. The van der Waals surface area contributed by atoms with Crippen molar-refractivity contribution in [2.45, 2.75) is 44.8 Å². The monoisotopic (exact) mass is 391 g/mol. The van der Waals surface area contributed by atoms with Gasteiger partial charge in [-0.25, -0.2) is 0 Å². The van der Waals surface area contributed by atoms with Gasteiger partial charge in [0.2, 0.25) is 0 Å². The quantitative estimate of drug-likeness (QED) is 0.780. The van der Waals surface area contributed by atoms with Crippen LogP contribution in [0.4, 0.5) is 0 Å². The maximum atomic E-state index is 13.4. The van der Waals surface area contributed by atoms with Crippen LogP contribution >= 0.6 is 0 Å². The maximum Gasteiger partial charge on any atom is 0.169 e. The van der Waals surface area contributed by atoms with Crippen LogP contribution < -0.4 is 4.74 Å². The molecule has 3 aliphatic rings. The second-order valence-electron chi connectivity index (χ2n) is 8.80. The Bertz CT molecular complexity index is 865. The van der Waals surface area contributed by atoms with Crippen molar-refractivity contribution in [3.05, 3.63) is 65.2 Å². The van der Waals surface area contributed by atoms with Crippen LogP contribution in [0.3, 0.4) is 0 Å². The Hall–Kier alpha value is -2.17. The molecule has 2 fully saturated rings. The van der Waals surface area contributed by atoms with E-state index in [0.717, 1.165) is 76.3 Å². The molecule has 0 aromatic heterocycles. The molecule has 29 heavy (non-hydrogen) atoms. The van der Waals surface area contributed by atoms with Crippen molar-refractivity contribution in [1.29, 1.82) is 0 Å². The van der Waals surface area contributed by atoms with E-state index in [-0.39, 0.29) is 11.5 Å². The van der Waals surface area contributed by atoms with Crippen LogP contribution in [0.15, 0.2) is 48.5 Å². The van der Waals surface area contributed by atoms with Crippen molar-refractivity contribution in [3.8, 4) is 5.75 Å². The van der Waals surface area contributed by atoms with Gasteiger partial charge in [-0.15, -0.1) is 0 Å². The van der Waals surface area contributed by atoms with E-state index in [4.69, 9.17) is 9.47 Å². The molecule has 0 atom stereocenters. The first kappa shape index (κ1) is 18.8. The molecule has 0 N–H and O–H groups in total. The van der Waals surface area contributed by atoms with Crippen molar-refractivity contribution in [2.24, 2.45) is 5.41 Å². The number of rotatable bonds is 4. The van der Waals surface area contributed by atoms with Crippen LogP contribution in [0.2, 0.25) is 0 Å². The van der Waals surface area contributed by atoms with Gasteiger partial charge in [0.1, 0.15) is 11.9 Å². The SMILES string of the molecule is O=C1c2cc(OC3CCOCC3)ccc2CC12CCN(Cc1ccccc1)CC2. The summed E-state index contributed by atoms with van der Waals surface area (Å²) in [7, 11) is 0. The number of hydrogen-bond donors (Lipinski definition) is 0. The second kappa shape index (κ2) is 7.92. The highest BCUT2D eigenvalue weighted by molar-refractivity contribution is 6.05. The number of benzene rings is 2. The van der Waals surface area contributed by atoms with Gasteiger partial charge in [-0.05, 0) is 55.6 Å². The molecule has 2 saturated heterocycles. The summed E-state index contributed by atoms with van der Waals surface area (Å²) in [5.41, 5.74) is 3.24. The molecule has 152 valence electrons. The van der Waals surface area contributed by atoms with Gasteiger partial charge in [-0.3, -0.25) is 9.69 Å². The Morgan fingerprint density at radius 3 is 2.55 bits per heavy atom. The zero-order chi connectivity index (χ0) is 19.7. The Morgan fingerprint density at radius 2 is 1.79 bits per heavy atom. The van der Waals surface area contributed by atoms with Crippen molar-refractivity contribution in [1.82, 2.24) is 4.90 Å². The molecule has 0 amide bonds. The van der Waals surface area contributed by atoms with Gasteiger partial charge in [0.15, 0.2) is 5.78 Å². The highest BCUT2D eigenvalue weighted by atomic mass is 16.5. The van der Waals surface area contributed by atoms with E-state index in [2.05, 4.69) is 41.3 Å². The Balaban J connectivity index is 1.25. The summed E-state index contributed by atoms with van der Waals surface area (Å²) in [5.74, 6) is 1.17. The number of fused-ring (bicyclic) bond motifs is 1. The molecule has 0 saturated carbocycles. The lowest BCUT2D eigenvalue weighted by Crippen LogP contribution is -2.42. The second-order valence-corrected chi connectivity index (χ2v) is 8.80. The maximum absolute atomic E-state index is 13.4. The fourth-order valence-corrected chi connectivity index (χ4v) is 5.10. The molecule has 2 aliphatic heterocycles. The molecular weight excluding hydrogens is 362 g/mol. The molecule has 0 bridgehead atoms. The van der Waals surface area contributed by atoms with Crippen LogP contribution in [-0.4, -0.2) is 43.1 Å². The fourth-order valence-electron chi connectivity index (χ4n) is 5.10. The van der Waals surface area contributed by atoms with Crippen LogP contribution in [0.1, 0.15) is 47.2 Å². The van der Waals surface area contributed by atoms with Crippen LogP contribution in [0.25, 0.3) is 0 Å². The lowest BCUT2D eigenvalue weighted by Gasteiger charge is -2.38. The molecule has 2 aromatic carbocycles. The number of likely N-dealkylation sites (tertiary alicyclic amines) is 1. The molecule has 0 radical (unpaired) electrons. The first-order valence-corrected chi connectivity index (χ1v) is 10.9. The van der Waals surface area contributed by atoms with Crippen molar-refractivity contribution >= 4 is 5.78 Å². The van der Waals surface area contributed by atoms with E-state index in [1.807, 2.05) is 12.1 Å². The summed E-state index contributed by atoms with van der Waals surface area (Å²) in [6.07, 6.45) is 4.83. The molecule has 1 aliphatic carbocycles. The minimum atomic E-state index is -0.202. The van der Waals surface area contributed by atoms with Crippen LogP contribution in [-0.2, 0) is 17.7 Å². The number of carbonyl (C=O) groups excluding carboxylic acids is 1. The number of ether oxygens (including phenoxy) is 2. The molecule has 4 nitrogen and oxygen atoms in total. The van der Waals surface area contributed by atoms with E-state index in [0.29, 0.717) is 5.78 Å². The lowest BCUT2D eigenvalue weighted by molar-refractivity contribution is 0.0255. The summed E-state index contributed by atoms with van der Waals surface area (Å²) in [6, 6.07) is 16.8. The molecule has 2 aromatic rings. The molecular formula is C25H29NO3. The van der Waals surface area contributed by atoms with E-state index in [9.17, 15) is 4.79 Å². The van der Waals surface area contributed by atoms with E-state index >= 15 is 0 Å². The minimum Gasteiger partial charge on any atom is -0.490 e. The molecule has 2 heterocycles. The standard InChI is InChI=1S/C25H29NO3/c27-24-23-16-22(29-21-8-14-28-15-9-21)7-6-20(23)17-25(24)10-12-26(13-11-25)18-19-4-2-1-3-5-19/h1-7,16,21H,8-15,17-18H2. The number of nitrogens with zero attached hydrogens (tertiary/aromatic N) is 1. The summed E-state index contributed by atoms with van der Waals surface area (Å²) in [6.45, 7) is 4.47. The normalized spacial score (nSPS) is 22.0. The van der Waals surface area contributed by atoms with Gasteiger partial charge < -0.3 is 9.47 Å². The molecule has 5 rings (SSSR count).